The molecule has 0 atom stereocenters. The number of hydrogen-bond acceptors (Lipinski definition) is 1. The summed E-state index contributed by atoms with van der Waals surface area (Å²) in [5.41, 5.74) is 0. The standard InChI is InChI=1S/C5H6BN/c1-2-3-4-6-5-7/h6H,4H2,1H3. The Bertz CT molecular complexity index is 123. The van der Waals surface area contributed by atoms with Crippen molar-refractivity contribution in [3.05, 3.63) is 0 Å². The molecule has 0 unspecified atom stereocenters. The molecule has 0 fully saturated rings. The highest BCUT2D eigenvalue weighted by Gasteiger charge is 1.76. The van der Waals surface area contributed by atoms with Gasteiger partial charge in [-0.3, -0.25) is 0 Å². The lowest BCUT2D eigenvalue weighted by molar-refractivity contribution is 1.55. The second-order valence-corrected chi connectivity index (χ2v) is 1.08. The van der Waals surface area contributed by atoms with Crippen molar-refractivity contribution in [1.82, 2.24) is 0 Å². The maximum atomic E-state index is 7.98. The minimum absolute atomic E-state index is 0.556. The van der Waals surface area contributed by atoms with Crippen LogP contribution in [0.5, 0.6) is 0 Å². The summed E-state index contributed by atoms with van der Waals surface area (Å²) >= 11 is 0. The molecule has 0 aliphatic heterocycles. The Morgan fingerprint density at radius 3 is 2.86 bits per heavy atom. The second-order valence-electron chi connectivity index (χ2n) is 1.08. The first kappa shape index (κ1) is 6.11. The zero-order chi connectivity index (χ0) is 5.54. The molecule has 0 saturated carbocycles. The van der Waals surface area contributed by atoms with Crippen LogP contribution in [0.1, 0.15) is 6.92 Å². The van der Waals surface area contributed by atoms with Crippen molar-refractivity contribution in [1.29, 1.82) is 5.26 Å². The third-order valence-corrected chi connectivity index (χ3v) is 0.539. The van der Waals surface area contributed by atoms with Crippen molar-refractivity contribution in [2.45, 2.75) is 13.2 Å². The molecule has 0 aromatic rings. The largest absolute Gasteiger partial charge is 0.262 e. The predicted octanol–water partition coefficient (Wildman–Crippen LogP) is 0.346. The minimum atomic E-state index is 0.556. The summed E-state index contributed by atoms with van der Waals surface area (Å²) in [4.78, 5) is 0. The Morgan fingerprint density at radius 1 is 1.71 bits per heavy atom. The lowest BCUT2D eigenvalue weighted by Gasteiger charge is -1.66. The van der Waals surface area contributed by atoms with Crippen LogP contribution in [-0.4, -0.2) is 7.28 Å². The zero-order valence-electron chi connectivity index (χ0n) is 4.36. The SMILES string of the molecule is CC#CCBC#N. The maximum absolute atomic E-state index is 7.98. The van der Waals surface area contributed by atoms with E-state index in [0.29, 0.717) is 13.6 Å². The van der Waals surface area contributed by atoms with Crippen molar-refractivity contribution < 1.29 is 0 Å². The Balaban J connectivity index is 2.98. The minimum Gasteiger partial charge on any atom is -0.213 e. The fourth-order valence-electron chi connectivity index (χ4n) is 0.243. The summed E-state index contributed by atoms with van der Waals surface area (Å²) in [5.74, 6) is 7.48. The Hall–Kier alpha value is -0.885. The normalized spacial score (nSPS) is 5.14. The van der Waals surface area contributed by atoms with E-state index in [2.05, 4.69) is 11.8 Å². The van der Waals surface area contributed by atoms with Gasteiger partial charge in [0.15, 0.2) is 0 Å². The Morgan fingerprint density at radius 2 is 2.43 bits per heavy atom. The second kappa shape index (κ2) is 5.11. The van der Waals surface area contributed by atoms with Crippen molar-refractivity contribution >= 4 is 7.28 Å². The van der Waals surface area contributed by atoms with Crippen LogP contribution in [0.4, 0.5) is 0 Å². The number of rotatable bonds is 1. The summed E-state index contributed by atoms with van der Waals surface area (Å²) in [5, 5.41) is 7.98. The number of hydrogen-bond donors (Lipinski definition) is 0. The highest BCUT2D eigenvalue weighted by molar-refractivity contribution is 6.45. The molecule has 34 valence electrons. The molecule has 0 amide bonds. The van der Waals surface area contributed by atoms with Crippen LogP contribution in [0, 0.1) is 23.1 Å². The summed E-state index contributed by atoms with van der Waals surface area (Å²) in [6.45, 7) is 1.78. The summed E-state index contributed by atoms with van der Waals surface area (Å²) in [7, 11) is 0.556. The first-order chi connectivity index (χ1) is 3.41. The molecule has 0 aromatic carbocycles. The zero-order valence-corrected chi connectivity index (χ0v) is 4.36. The molecule has 2 heteroatoms. The first-order valence-electron chi connectivity index (χ1n) is 2.18. The molecular weight excluding hydrogens is 84.9 g/mol. The highest BCUT2D eigenvalue weighted by atomic mass is 14.2. The van der Waals surface area contributed by atoms with Crippen molar-refractivity contribution in [2.75, 3.05) is 0 Å². The van der Waals surface area contributed by atoms with E-state index in [-0.39, 0.29) is 0 Å². The van der Waals surface area contributed by atoms with Gasteiger partial charge in [0.1, 0.15) is 0 Å². The number of nitriles is 1. The van der Waals surface area contributed by atoms with Gasteiger partial charge in [0.05, 0.1) is 0 Å². The molecule has 0 bridgehead atoms. The van der Waals surface area contributed by atoms with Crippen molar-refractivity contribution in [2.24, 2.45) is 0 Å². The summed E-state index contributed by atoms with van der Waals surface area (Å²) in [6.07, 6.45) is 0.715. The van der Waals surface area contributed by atoms with Crippen LogP contribution < -0.4 is 0 Å². The van der Waals surface area contributed by atoms with Crippen LogP contribution >= 0.6 is 0 Å². The van der Waals surface area contributed by atoms with Crippen LogP contribution in [0.2, 0.25) is 6.32 Å². The van der Waals surface area contributed by atoms with Gasteiger partial charge in [0, 0.05) is 0 Å². The van der Waals surface area contributed by atoms with Gasteiger partial charge in [-0.25, -0.2) is 5.26 Å². The third-order valence-electron chi connectivity index (χ3n) is 0.539. The van der Waals surface area contributed by atoms with Gasteiger partial charge >= 0.3 is 0 Å². The third kappa shape index (κ3) is 5.11. The lowest BCUT2D eigenvalue weighted by atomic mass is 9.78. The molecule has 0 aliphatic carbocycles. The monoisotopic (exact) mass is 91.1 g/mol. The molecule has 0 saturated heterocycles. The van der Waals surface area contributed by atoms with Crippen LogP contribution in [0.15, 0.2) is 0 Å². The van der Waals surface area contributed by atoms with E-state index in [9.17, 15) is 0 Å². The quantitative estimate of drug-likeness (QED) is 0.259. The first-order valence-corrected chi connectivity index (χ1v) is 2.18. The summed E-state index contributed by atoms with van der Waals surface area (Å²) < 4.78 is 0. The smallest absolute Gasteiger partial charge is 0.213 e. The van der Waals surface area contributed by atoms with E-state index in [4.69, 9.17) is 5.26 Å². The predicted molar refractivity (Wildman–Crippen MR) is 31.0 cm³/mol. The van der Waals surface area contributed by atoms with Gasteiger partial charge < -0.3 is 0 Å². The van der Waals surface area contributed by atoms with E-state index < -0.39 is 0 Å². The van der Waals surface area contributed by atoms with E-state index in [0.717, 1.165) is 0 Å². The maximum Gasteiger partial charge on any atom is 0.262 e. The molecule has 0 radical (unpaired) electrons. The molecule has 1 nitrogen and oxygen atoms in total. The molecule has 0 spiro atoms. The van der Waals surface area contributed by atoms with Crippen LogP contribution in [-0.2, 0) is 0 Å². The molecular formula is C5H6BN. The number of nitrogens with zero attached hydrogens (tertiary/aromatic N) is 1. The molecule has 0 aliphatic rings. The fraction of sp³-hybridized carbons (Fsp3) is 0.400. The van der Waals surface area contributed by atoms with Gasteiger partial charge in [0.25, 0.3) is 7.28 Å². The average Bonchev–Trinajstić information content (AvgIpc) is 1.69. The van der Waals surface area contributed by atoms with Crippen molar-refractivity contribution in [3.8, 4) is 17.8 Å². The van der Waals surface area contributed by atoms with Gasteiger partial charge in [-0.2, -0.15) is 0 Å². The molecule has 0 rings (SSSR count). The van der Waals surface area contributed by atoms with Crippen LogP contribution in [0.3, 0.4) is 0 Å². The van der Waals surface area contributed by atoms with E-state index >= 15 is 0 Å². The topological polar surface area (TPSA) is 23.8 Å². The fourth-order valence-corrected chi connectivity index (χ4v) is 0.243. The van der Waals surface area contributed by atoms with E-state index in [1.165, 1.54) is 0 Å². The van der Waals surface area contributed by atoms with Gasteiger partial charge in [-0.05, 0) is 19.2 Å². The summed E-state index contributed by atoms with van der Waals surface area (Å²) in [6, 6.07) is 0. The van der Waals surface area contributed by atoms with Gasteiger partial charge in [0.2, 0.25) is 0 Å². The molecule has 0 heterocycles. The average molecular weight is 90.9 g/mol. The highest BCUT2D eigenvalue weighted by Crippen LogP contribution is 1.68. The Labute approximate surface area is 44.6 Å². The molecule has 7 heavy (non-hydrogen) atoms. The van der Waals surface area contributed by atoms with Gasteiger partial charge in [-0.1, -0.05) is 0 Å². The molecule has 0 aromatic heterocycles. The Kier molecular flexibility index (Phi) is 4.47. The lowest BCUT2D eigenvalue weighted by Crippen LogP contribution is -1.77. The van der Waals surface area contributed by atoms with E-state index in [1.54, 1.807) is 6.92 Å². The molecule has 0 N–H and O–H groups in total. The van der Waals surface area contributed by atoms with E-state index in [1.807, 2.05) is 5.97 Å². The van der Waals surface area contributed by atoms with Gasteiger partial charge in [-0.15, -0.1) is 11.8 Å². The van der Waals surface area contributed by atoms with Crippen molar-refractivity contribution in [3.63, 3.8) is 0 Å². The van der Waals surface area contributed by atoms with Crippen LogP contribution in [0.25, 0.3) is 0 Å².